The summed E-state index contributed by atoms with van der Waals surface area (Å²) in [4.78, 5) is 23.0. The molecule has 134 valence electrons. The quantitative estimate of drug-likeness (QED) is 0.536. The van der Waals surface area contributed by atoms with E-state index in [1.165, 1.54) is 6.92 Å². The Hall–Kier alpha value is -2.36. The molecule has 0 heterocycles. The van der Waals surface area contributed by atoms with Gasteiger partial charge in [0.15, 0.2) is 10.2 Å². The molecule has 26 heavy (non-hydrogen) atoms. The number of nitrogens with one attached hydrogen (secondary N) is 4. The van der Waals surface area contributed by atoms with Crippen LogP contribution in [0.25, 0.3) is 0 Å². The van der Waals surface area contributed by atoms with Gasteiger partial charge in [0.05, 0.1) is 0 Å². The van der Waals surface area contributed by atoms with Crippen molar-refractivity contribution < 1.29 is 9.59 Å². The normalized spacial score (nSPS) is 9.77. The molecule has 0 unspecified atom stereocenters. The number of rotatable bonds is 3. The van der Waals surface area contributed by atoms with Crippen LogP contribution in [0.2, 0.25) is 0 Å². The molecule has 0 aliphatic rings. The van der Waals surface area contributed by atoms with E-state index in [9.17, 15) is 9.59 Å². The Morgan fingerprint density at radius 3 is 1.73 bits per heavy atom. The molecule has 0 bridgehead atoms. The van der Waals surface area contributed by atoms with E-state index in [-0.39, 0.29) is 22.0 Å². The molecule has 0 radical (unpaired) electrons. The molecule has 0 saturated heterocycles. The Labute approximate surface area is 169 Å². The molecule has 2 rings (SSSR count). The number of hydrogen-bond donors (Lipinski definition) is 4. The molecule has 0 aliphatic heterocycles. The highest BCUT2D eigenvalue weighted by Gasteiger charge is 2.08. The van der Waals surface area contributed by atoms with Gasteiger partial charge in [0.25, 0.3) is 5.91 Å². The van der Waals surface area contributed by atoms with Gasteiger partial charge in [-0.1, -0.05) is 15.9 Å². The summed E-state index contributed by atoms with van der Waals surface area (Å²) in [6.45, 7) is 1.38. The second-order valence-corrected chi connectivity index (χ2v) is 6.86. The number of benzene rings is 2. The average molecular weight is 451 g/mol. The first-order valence-electron chi connectivity index (χ1n) is 7.40. The Morgan fingerprint density at radius 2 is 1.27 bits per heavy atom. The van der Waals surface area contributed by atoms with Gasteiger partial charge >= 0.3 is 0 Å². The van der Waals surface area contributed by atoms with Crippen LogP contribution in [0, 0.1) is 0 Å². The number of halogens is 1. The van der Waals surface area contributed by atoms with E-state index >= 15 is 0 Å². The second kappa shape index (κ2) is 9.37. The number of amides is 2. The Morgan fingerprint density at radius 1 is 0.808 bits per heavy atom. The molecule has 0 fully saturated rings. The maximum atomic E-state index is 12.1. The molecule has 0 aliphatic carbocycles. The zero-order valence-electron chi connectivity index (χ0n) is 13.6. The molecule has 9 heteroatoms. The topological polar surface area (TPSA) is 82.3 Å². The summed E-state index contributed by atoms with van der Waals surface area (Å²) >= 11 is 13.5. The molecule has 2 aromatic carbocycles. The summed E-state index contributed by atoms with van der Waals surface area (Å²) in [5.74, 6) is -0.540. The van der Waals surface area contributed by atoms with Crippen molar-refractivity contribution >= 4 is 73.8 Å². The van der Waals surface area contributed by atoms with E-state index in [1.54, 1.807) is 48.5 Å². The minimum Gasteiger partial charge on any atom is -0.332 e. The minimum atomic E-state index is -0.297. The van der Waals surface area contributed by atoms with Gasteiger partial charge in [-0.3, -0.25) is 14.9 Å². The fraction of sp³-hybridized carbons (Fsp3) is 0.0588. The molecule has 4 N–H and O–H groups in total. The van der Waals surface area contributed by atoms with Crippen LogP contribution in [0.5, 0.6) is 0 Å². The van der Waals surface area contributed by atoms with E-state index in [0.717, 1.165) is 4.47 Å². The van der Waals surface area contributed by atoms with Crippen LogP contribution in [0.4, 0.5) is 11.4 Å². The smallest absolute Gasteiger partial charge is 0.257 e. The van der Waals surface area contributed by atoms with E-state index in [2.05, 4.69) is 37.2 Å². The van der Waals surface area contributed by atoms with Gasteiger partial charge in [-0.15, -0.1) is 0 Å². The standard InChI is InChI=1S/C17H15BrN4O2S2/c1-10(23)19-16(25)20-13-6-8-14(9-7-13)21-17(26)22-15(24)11-2-4-12(18)5-3-11/h2-9H,1H3,(H2,19,20,23,25)(H2,21,22,24,26). The van der Waals surface area contributed by atoms with Gasteiger partial charge in [0, 0.05) is 28.3 Å². The van der Waals surface area contributed by atoms with Crippen LogP contribution >= 0.6 is 40.4 Å². The van der Waals surface area contributed by atoms with Crippen molar-refractivity contribution in [2.45, 2.75) is 6.92 Å². The van der Waals surface area contributed by atoms with E-state index in [4.69, 9.17) is 24.4 Å². The van der Waals surface area contributed by atoms with Crippen LogP contribution in [0.15, 0.2) is 53.0 Å². The molecule has 0 spiro atoms. The van der Waals surface area contributed by atoms with E-state index in [0.29, 0.717) is 16.9 Å². The van der Waals surface area contributed by atoms with Crippen molar-refractivity contribution in [1.29, 1.82) is 0 Å². The Balaban J connectivity index is 1.88. The van der Waals surface area contributed by atoms with Gasteiger partial charge < -0.3 is 16.0 Å². The zero-order chi connectivity index (χ0) is 19.1. The molecule has 2 amide bonds. The van der Waals surface area contributed by atoms with Crippen LogP contribution in [-0.2, 0) is 4.79 Å². The van der Waals surface area contributed by atoms with Gasteiger partial charge in [-0.2, -0.15) is 0 Å². The first-order chi connectivity index (χ1) is 12.3. The number of carbonyl (C=O) groups excluding carboxylic acids is 2. The number of anilines is 2. The number of carbonyl (C=O) groups is 2. The highest BCUT2D eigenvalue weighted by atomic mass is 79.9. The fourth-order valence-corrected chi connectivity index (χ4v) is 2.63. The third kappa shape index (κ3) is 6.51. The molecular weight excluding hydrogens is 436 g/mol. The van der Waals surface area contributed by atoms with Gasteiger partial charge in [-0.05, 0) is 73.0 Å². The predicted molar refractivity (Wildman–Crippen MR) is 114 cm³/mol. The summed E-state index contributed by atoms with van der Waals surface area (Å²) in [5, 5.41) is 11.3. The zero-order valence-corrected chi connectivity index (χ0v) is 16.8. The summed E-state index contributed by atoms with van der Waals surface area (Å²) in [6, 6.07) is 14.0. The highest BCUT2D eigenvalue weighted by molar-refractivity contribution is 9.10. The van der Waals surface area contributed by atoms with Crippen LogP contribution < -0.4 is 21.3 Å². The first-order valence-corrected chi connectivity index (χ1v) is 9.01. The number of hydrogen-bond acceptors (Lipinski definition) is 4. The monoisotopic (exact) mass is 450 g/mol. The van der Waals surface area contributed by atoms with E-state index in [1.807, 2.05) is 0 Å². The van der Waals surface area contributed by atoms with Crippen molar-refractivity contribution in [3.63, 3.8) is 0 Å². The highest BCUT2D eigenvalue weighted by Crippen LogP contribution is 2.14. The van der Waals surface area contributed by atoms with Crippen molar-refractivity contribution in [3.8, 4) is 0 Å². The average Bonchev–Trinajstić information content (AvgIpc) is 2.56. The van der Waals surface area contributed by atoms with Crippen molar-refractivity contribution in [3.05, 3.63) is 58.6 Å². The van der Waals surface area contributed by atoms with Gasteiger partial charge in [0.2, 0.25) is 5.91 Å². The lowest BCUT2D eigenvalue weighted by molar-refractivity contribution is -0.117. The summed E-state index contributed by atoms with van der Waals surface area (Å²) in [5.41, 5.74) is 1.91. The SMILES string of the molecule is CC(=O)NC(=S)Nc1ccc(NC(=S)NC(=O)c2ccc(Br)cc2)cc1. The van der Waals surface area contributed by atoms with Gasteiger partial charge in [0.1, 0.15) is 0 Å². The third-order valence-corrected chi connectivity index (χ3v) is 3.96. The lowest BCUT2D eigenvalue weighted by Gasteiger charge is -2.11. The lowest BCUT2D eigenvalue weighted by atomic mass is 10.2. The molecule has 6 nitrogen and oxygen atoms in total. The minimum absolute atomic E-state index is 0.187. The first kappa shape index (κ1) is 20.0. The molecule has 0 atom stereocenters. The largest absolute Gasteiger partial charge is 0.332 e. The van der Waals surface area contributed by atoms with Gasteiger partial charge in [-0.25, -0.2) is 0 Å². The molecule has 0 aromatic heterocycles. The molecule has 2 aromatic rings. The Kier molecular flexibility index (Phi) is 7.19. The molecule has 0 saturated carbocycles. The maximum absolute atomic E-state index is 12.1. The van der Waals surface area contributed by atoms with Crippen molar-refractivity contribution in [2.75, 3.05) is 10.6 Å². The summed E-state index contributed by atoms with van der Waals surface area (Å²) in [6.07, 6.45) is 0. The third-order valence-electron chi connectivity index (χ3n) is 3.02. The van der Waals surface area contributed by atoms with E-state index < -0.39 is 0 Å². The summed E-state index contributed by atoms with van der Waals surface area (Å²) in [7, 11) is 0. The summed E-state index contributed by atoms with van der Waals surface area (Å²) < 4.78 is 0.890. The van der Waals surface area contributed by atoms with Crippen LogP contribution in [0.3, 0.4) is 0 Å². The van der Waals surface area contributed by atoms with Crippen molar-refractivity contribution in [1.82, 2.24) is 10.6 Å². The fourth-order valence-electron chi connectivity index (χ4n) is 1.90. The Bertz CT molecular complexity index is 839. The molecular formula is C17H15BrN4O2S2. The van der Waals surface area contributed by atoms with Crippen LogP contribution in [0.1, 0.15) is 17.3 Å². The lowest BCUT2D eigenvalue weighted by Crippen LogP contribution is -2.34. The van der Waals surface area contributed by atoms with Crippen molar-refractivity contribution in [2.24, 2.45) is 0 Å². The van der Waals surface area contributed by atoms with Crippen LogP contribution in [-0.4, -0.2) is 22.0 Å². The second-order valence-electron chi connectivity index (χ2n) is 5.13. The maximum Gasteiger partial charge on any atom is 0.257 e. The number of thiocarbonyl (C=S) groups is 2. The predicted octanol–water partition coefficient (Wildman–Crippen LogP) is 3.41.